The van der Waals surface area contributed by atoms with Gasteiger partial charge in [0, 0.05) is 43.9 Å². The summed E-state index contributed by atoms with van der Waals surface area (Å²) in [5.41, 5.74) is 4.64. The van der Waals surface area contributed by atoms with Crippen molar-refractivity contribution in [2.24, 2.45) is 5.92 Å². The Morgan fingerprint density at radius 2 is 2.07 bits per heavy atom. The molecule has 7 heteroatoms. The number of carbonyl (C=O) groups is 1. The first-order chi connectivity index (χ1) is 13.6. The van der Waals surface area contributed by atoms with E-state index in [-0.39, 0.29) is 11.8 Å². The minimum absolute atomic E-state index is 0.199. The minimum Gasteiger partial charge on any atom is -0.350 e. The van der Waals surface area contributed by atoms with E-state index < -0.39 is 0 Å². The molecule has 1 saturated carbocycles. The summed E-state index contributed by atoms with van der Waals surface area (Å²) >= 11 is 0. The fraction of sp³-hybridized carbons (Fsp3) is 0.667. The zero-order valence-corrected chi connectivity index (χ0v) is 17.2. The van der Waals surface area contributed by atoms with E-state index >= 15 is 0 Å². The number of rotatable bonds is 7. The van der Waals surface area contributed by atoms with Crippen LogP contribution < -0.4 is 5.32 Å². The molecule has 152 valence electrons. The number of aryl methyl sites for hydroxylation is 2. The van der Waals surface area contributed by atoms with E-state index in [0.717, 1.165) is 63.4 Å². The molecule has 0 atom stereocenters. The average molecular weight is 385 g/mol. The number of hydrogen-bond acceptors (Lipinski definition) is 4. The number of nitrogens with one attached hydrogen (secondary N) is 1. The van der Waals surface area contributed by atoms with Gasteiger partial charge in [-0.25, -0.2) is 0 Å². The number of aromatic nitrogens is 4. The lowest BCUT2D eigenvalue weighted by Gasteiger charge is -2.27. The van der Waals surface area contributed by atoms with E-state index in [0.29, 0.717) is 6.54 Å². The monoisotopic (exact) mass is 384 g/mol. The highest BCUT2D eigenvalue weighted by molar-refractivity contribution is 5.78. The summed E-state index contributed by atoms with van der Waals surface area (Å²) in [6.45, 7) is 9.49. The highest BCUT2D eigenvalue weighted by Gasteiger charge is 2.23. The molecule has 0 unspecified atom stereocenters. The van der Waals surface area contributed by atoms with Gasteiger partial charge in [-0.05, 0) is 32.3 Å². The molecule has 1 aliphatic heterocycles. The quantitative estimate of drug-likeness (QED) is 0.797. The minimum atomic E-state index is 0.199. The van der Waals surface area contributed by atoms with Crippen molar-refractivity contribution in [1.82, 2.24) is 29.8 Å². The van der Waals surface area contributed by atoms with Gasteiger partial charge < -0.3 is 5.32 Å². The molecule has 1 amide bonds. The van der Waals surface area contributed by atoms with Crippen molar-refractivity contribution in [3.05, 3.63) is 34.9 Å². The van der Waals surface area contributed by atoms with Crippen molar-refractivity contribution in [2.45, 2.75) is 78.7 Å². The lowest BCUT2D eigenvalue weighted by molar-refractivity contribution is -0.124. The molecule has 3 heterocycles. The summed E-state index contributed by atoms with van der Waals surface area (Å²) in [7, 11) is 0. The smallest absolute Gasteiger partial charge is 0.223 e. The molecule has 2 aromatic rings. The molecule has 0 aromatic carbocycles. The van der Waals surface area contributed by atoms with Gasteiger partial charge in [0.05, 0.1) is 30.2 Å². The Morgan fingerprint density at radius 1 is 1.25 bits per heavy atom. The van der Waals surface area contributed by atoms with Crippen LogP contribution in [0.3, 0.4) is 0 Å². The summed E-state index contributed by atoms with van der Waals surface area (Å²) < 4.78 is 4.16. The van der Waals surface area contributed by atoms with Crippen LogP contribution in [-0.2, 0) is 37.5 Å². The predicted molar refractivity (Wildman–Crippen MR) is 107 cm³/mol. The van der Waals surface area contributed by atoms with Crippen molar-refractivity contribution < 1.29 is 4.79 Å². The number of carbonyl (C=O) groups excluding carboxylic acids is 1. The lowest BCUT2D eigenvalue weighted by Crippen LogP contribution is -2.33. The van der Waals surface area contributed by atoms with Crippen molar-refractivity contribution in [1.29, 1.82) is 0 Å². The van der Waals surface area contributed by atoms with Gasteiger partial charge >= 0.3 is 0 Å². The highest BCUT2D eigenvalue weighted by Crippen LogP contribution is 2.25. The van der Waals surface area contributed by atoms with Crippen LogP contribution in [0.25, 0.3) is 0 Å². The van der Waals surface area contributed by atoms with Crippen molar-refractivity contribution in [3.8, 4) is 0 Å². The highest BCUT2D eigenvalue weighted by atomic mass is 16.1. The molecule has 0 radical (unpaired) electrons. The summed E-state index contributed by atoms with van der Waals surface area (Å²) in [6, 6.07) is 2.15. The van der Waals surface area contributed by atoms with Crippen LogP contribution in [-0.4, -0.2) is 36.9 Å². The topological polar surface area (TPSA) is 68.0 Å². The normalized spacial score (nSPS) is 17.8. The number of amides is 1. The van der Waals surface area contributed by atoms with E-state index in [1.165, 1.54) is 24.1 Å². The fourth-order valence-electron chi connectivity index (χ4n) is 4.41. The van der Waals surface area contributed by atoms with E-state index in [9.17, 15) is 4.79 Å². The Labute approximate surface area is 167 Å². The van der Waals surface area contributed by atoms with E-state index in [4.69, 9.17) is 5.10 Å². The second-order valence-electron chi connectivity index (χ2n) is 8.26. The first kappa shape index (κ1) is 19.2. The maximum absolute atomic E-state index is 12.2. The summed E-state index contributed by atoms with van der Waals surface area (Å²) in [6.07, 6.45) is 7.73. The average Bonchev–Trinajstić information content (AvgIpc) is 3.40. The maximum atomic E-state index is 12.2. The fourth-order valence-corrected chi connectivity index (χ4v) is 4.41. The van der Waals surface area contributed by atoms with Gasteiger partial charge in [-0.3, -0.25) is 19.1 Å². The Hall–Kier alpha value is -2.15. The van der Waals surface area contributed by atoms with Crippen molar-refractivity contribution in [2.75, 3.05) is 6.54 Å². The molecule has 28 heavy (non-hydrogen) atoms. The van der Waals surface area contributed by atoms with Crippen LogP contribution in [0.4, 0.5) is 0 Å². The first-order valence-corrected chi connectivity index (χ1v) is 10.7. The molecule has 1 fully saturated rings. The molecule has 1 N–H and O–H groups in total. The lowest BCUT2D eigenvalue weighted by atomic mass is 10.1. The van der Waals surface area contributed by atoms with Gasteiger partial charge in [-0.2, -0.15) is 10.2 Å². The first-order valence-electron chi connectivity index (χ1n) is 10.7. The van der Waals surface area contributed by atoms with E-state index in [1.807, 2.05) is 0 Å². The Bertz CT molecular complexity index is 817. The summed E-state index contributed by atoms with van der Waals surface area (Å²) in [5, 5.41) is 12.4. The molecule has 2 aromatic heterocycles. The van der Waals surface area contributed by atoms with Crippen LogP contribution in [0.1, 0.15) is 61.7 Å². The second kappa shape index (κ2) is 8.47. The van der Waals surface area contributed by atoms with Crippen molar-refractivity contribution in [3.63, 3.8) is 0 Å². The van der Waals surface area contributed by atoms with Crippen LogP contribution in [0.5, 0.6) is 0 Å². The second-order valence-corrected chi connectivity index (χ2v) is 8.26. The van der Waals surface area contributed by atoms with Crippen molar-refractivity contribution >= 4 is 5.91 Å². The van der Waals surface area contributed by atoms with Gasteiger partial charge in [0.1, 0.15) is 0 Å². The Balaban J connectivity index is 1.33. The molecule has 2 aliphatic rings. The molecule has 4 rings (SSSR count). The van der Waals surface area contributed by atoms with E-state index in [1.54, 1.807) is 0 Å². The third-order valence-corrected chi connectivity index (χ3v) is 5.99. The number of fused-ring (bicyclic) bond motifs is 1. The molecule has 0 bridgehead atoms. The molecule has 7 nitrogen and oxygen atoms in total. The molecular formula is C21H32N6O. The molecule has 1 aliphatic carbocycles. The third-order valence-electron chi connectivity index (χ3n) is 5.99. The van der Waals surface area contributed by atoms with Gasteiger partial charge in [0.25, 0.3) is 0 Å². The third kappa shape index (κ3) is 4.29. The maximum Gasteiger partial charge on any atom is 0.223 e. The van der Waals surface area contributed by atoms with Crippen LogP contribution >= 0.6 is 0 Å². The molecule has 0 spiro atoms. The van der Waals surface area contributed by atoms with Gasteiger partial charge in [0.15, 0.2) is 0 Å². The van der Waals surface area contributed by atoms with Crippen LogP contribution in [0, 0.1) is 12.8 Å². The van der Waals surface area contributed by atoms with Gasteiger partial charge in [-0.1, -0.05) is 19.8 Å². The van der Waals surface area contributed by atoms with Gasteiger partial charge in [0.2, 0.25) is 5.91 Å². The van der Waals surface area contributed by atoms with Crippen LogP contribution in [0.15, 0.2) is 12.3 Å². The zero-order valence-electron chi connectivity index (χ0n) is 17.2. The standard InChI is InChI=1S/C21H32N6O/c1-3-8-26-14-18(16(2)23-26)13-25-9-10-27-20(15-25)11-19(24-27)12-22-21(28)17-6-4-5-7-17/h11,14,17H,3-10,12-13,15H2,1-2H3,(H,22,28). The Morgan fingerprint density at radius 3 is 2.86 bits per heavy atom. The SMILES string of the molecule is CCCn1cc(CN2CCn3nc(CNC(=O)C4CCCC4)cc3C2)c(C)n1. The molecule has 0 saturated heterocycles. The predicted octanol–water partition coefficient (Wildman–Crippen LogP) is 2.62. The van der Waals surface area contributed by atoms with E-state index in [2.05, 4.69) is 50.8 Å². The number of nitrogens with zero attached hydrogens (tertiary/aromatic N) is 5. The Kier molecular flexibility index (Phi) is 5.80. The van der Waals surface area contributed by atoms with Crippen LogP contribution in [0.2, 0.25) is 0 Å². The number of hydrogen-bond donors (Lipinski definition) is 1. The summed E-state index contributed by atoms with van der Waals surface area (Å²) in [4.78, 5) is 14.7. The molecular weight excluding hydrogens is 352 g/mol. The largest absolute Gasteiger partial charge is 0.350 e. The summed E-state index contributed by atoms with van der Waals surface area (Å²) in [5.74, 6) is 0.411. The zero-order chi connectivity index (χ0) is 19.5. The van der Waals surface area contributed by atoms with Gasteiger partial charge in [-0.15, -0.1) is 0 Å².